The molecular weight excluding hydrogens is 100 g/mol. The summed E-state index contributed by atoms with van der Waals surface area (Å²) < 4.78 is 2.13. The number of hydrogen-bond acceptors (Lipinski definition) is 1. The lowest BCUT2D eigenvalue weighted by Gasteiger charge is -1.84. The Morgan fingerprint density at radius 2 is 2.12 bits per heavy atom. The zero-order valence-electron chi connectivity index (χ0n) is 5.60. The molecule has 1 rings (SSSR count). The van der Waals surface area contributed by atoms with E-state index in [-0.39, 0.29) is 0 Å². The molecule has 1 heterocycles. The predicted octanol–water partition coefficient (Wildman–Crippen LogP) is 0.522. The van der Waals surface area contributed by atoms with Crippen LogP contribution in [0.2, 0.25) is 0 Å². The highest BCUT2D eigenvalue weighted by Gasteiger charge is 2.13. The van der Waals surface area contributed by atoms with E-state index in [1.165, 1.54) is 11.4 Å². The van der Waals surface area contributed by atoms with Crippen LogP contribution in [0.4, 0.5) is 0 Å². The van der Waals surface area contributed by atoms with E-state index in [0.29, 0.717) is 0 Å². The van der Waals surface area contributed by atoms with Gasteiger partial charge < -0.3 is 0 Å². The molecule has 1 aliphatic rings. The van der Waals surface area contributed by atoms with Crippen LogP contribution in [0.25, 0.3) is 0 Å². The van der Waals surface area contributed by atoms with Crippen molar-refractivity contribution in [3.8, 4) is 0 Å². The summed E-state index contributed by atoms with van der Waals surface area (Å²) >= 11 is 0. The van der Waals surface area contributed by atoms with Crippen LogP contribution in [0.15, 0.2) is 4.99 Å². The Morgan fingerprint density at radius 3 is 2.25 bits per heavy atom. The van der Waals surface area contributed by atoms with E-state index in [9.17, 15) is 0 Å². The van der Waals surface area contributed by atoms with Gasteiger partial charge in [-0.1, -0.05) is 0 Å². The van der Waals surface area contributed by atoms with Crippen LogP contribution < -0.4 is 0 Å². The first kappa shape index (κ1) is 5.48. The van der Waals surface area contributed by atoms with Crippen LogP contribution in [0.1, 0.15) is 13.8 Å². The topological polar surface area (TPSA) is 15.4 Å². The van der Waals surface area contributed by atoms with E-state index in [4.69, 9.17) is 0 Å². The molecule has 0 fully saturated rings. The second-order valence-corrected chi connectivity index (χ2v) is 2.17. The number of hydrogen-bond donors (Lipinski definition) is 0. The summed E-state index contributed by atoms with van der Waals surface area (Å²) in [5, 5.41) is 0. The molecule has 0 spiro atoms. The summed E-state index contributed by atoms with van der Waals surface area (Å²) in [5.41, 5.74) is 2.47. The largest absolute Gasteiger partial charge is 0.236 e. The van der Waals surface area contributed by atoms with Crippen LogP contribution in [-0.4, -0.2) is 29.7 Å². The number of aliphatic imine (C=N–C) groups is 1. The Balaban J connectivity index is 2.88. The summed E-state index contributed by atoms with van der Waals surface area (Å²) in [6.07, 6.45) is 0. The molecule has 0 saturated heterocycles. The SMILES string of the molecule is CC1=NC[N+](C)=C1C. The van der Waals surface area contributed by atoms with Crippen molar-refractivity contribution in [3.05, 3.63) is 0 Å². The molecule has 44 valence electrons. The standard InChI is InChI=1S/C6H11N2/c1-5-6(2)8(3)4-7-5/h4H2,1-3H3/q+1. The van der Waals surface area contributed by atoms with Crippen LogP contribution in [0, 0.1) is 0 Å². The first-order valence-corrected chi connectivity index (χ1v) is 2.78. The fourth-order valence-electron chi connectivity index (χ4n) is 0.709. The Bertz CT molecular complexity index is 160. The van der Waals surface area contributed by atoms with Crippen molar-refractivity contribution in [2.75, 3.05) is 13.7 Å². The molecule has 0 N–H and O–H groups in total. The quantitative estimate of drug-likeness (QED) is 0.405. The van der Waals surface area contributed by atoms with Crippen molar-refractivity contribution in [3.63, 3.8) is 0 Å². The Kier molecular flexibility index (Phi) is 1.16. The summed E-state index contributed by atoms with van der Waals surface area (Å²) in [5.74, 6) is 0. The molecule has 0 radical (unpaired) electrons. The Hall–Kier alpha value is -0.660. The van der Waals surface area contributed by atoms with Crippen LogP contribution in [0.5, 0.6) is 0 Å². The molecule has 0 aromatic carbocycles. The normalized spacial score (nSPS) is 19.6. The highest BCUT2D eigenvalue weighted by atomic mass is 15.1. The third-order valence-electron chi connectivity index (χ3n) is 1.62. The molecular formula is C6H11N2+. The maximum atomic E-state index is 4.20. The molecule has 1 aliphatic heterocycles. The highest BCUT2D eigenvalue weighted by Crippen LogP contribution is 1.91. The third kappa shape index (κ3) is 0.661. The van der Waals surface area contributed by atoms with Gasteiger partial charge >= 0.3 is 0 Å². The van der Waals surface area contributed by atoms with E-state index < -0.39 is 0 Å². The Morgan fingerprint density at radius 1 is 1.50 bits per heavy atom. The first-order valence-electron chi connectivity index (χ1n) is 2.78. The van der Waals surface area contributed by atoms with Gasteiger partial charge in [0.1, 0.15) is 12.8 Å². The van der Waals surface area contributed by atoms with Gasteiger partial charge in [-0.25, -0.2) is 9.57 Å². The molecule has 0 amide bonds. The molecule has 2 nitrogen and oxygen atoms in total. The fourth-order valence-corrected chi connectivity index (χ4v) is 0.709. The third-order valence-corrected chi connectivity index (χ3v) is 1.62. The van der Waals surface area contributed by atoms with Crippen molar-refractivity contribution < 1.29 is 4.58 Å². The zero-order chi connectivity index (χ0) is 6.15. The lowest BCUT2D eigenvalue weighted by Crippen LogP contribution is -2.12. The molecule has 0 bridgehead atoms. The molecule has 0 aromatic heterocycles. The molecule has 0 saturated carbocycles. The minimum absolute atomic E-state index is 0.845. The molecule has 0 atom stereocenters. The minimum atomic E-state index is 0.845. The maximum Gasteiger partial charge on any atom is 0.236 e. The van der Waals surface area contributed by atoms with Gasteiger partial charge in [-0.15, -0.1) is 0 Å². The smallest absolute Gasteiger partial charge is 0.219 e. The molecule has 8 heavy (non-hydrogen) atoms. The fraction of sp³-hybridized carbons (Fsp3) is 0.667. The molecule has 0 aliphatic carbocycles. The summed E-state index contributed by atoms with van der Waals surface area (Å²) in [4.78, 5) is 4.20. The van der Waals surface area contributed by atoms with Crippen molar-refractivity contribution in [1.29, 1.82) is 0 Å². The lowest BCUT2D eigenvalue weighted by atomic mass is 10.3. The van der Waals surface area contributed by atoms with E-state index in [1.807, 2.05) is 6.92 Å². The van der Waals surface area contributed by atoms with Crippen molar-refractivity contribution in [1.82, 2.24) is 0 Å². The van der Waals surface area contributed by atoms with Gasteiger partial charge in [0.25, 0.3) is 0 Å². The Labute approximate surface area is 49.6 Å². The average Bonchev–Trinajstić information content (AvgIpc) is 1.98. The second-order valence-electron chi connectivity index (χ2n) is 2.17. The van der Waals surface area contributed by atoms with Crippen molar-refractivity contribution in [2.24, 2.45) is 4.99 Å². The van der Waals surface area contributed by atoms with E-state index in [2.05, 4.69) is 23.5 Å². The molecule has 0 unspecified atom stereocenters. The van der Waals surface area contributed by atoms with Crippen molar-refractivity contribution >= 4 is 11.4 Å². The predicted molar refractivity (Wildman–Crippen MR) is 34.8 cm³/mol. The van der Waals surface area contributed by atoms with E-state index in [0.717, 1.165) is 6.67 Å². The zero-order valence-corrected chi connectivity index (χ0v) is 5.60. The van der Waals surface area contributed by atoms with Gasteiger partial charge in [0.05, 0.1) is 0 Å². The van der Waals surface area contributed by atoms with Gasteiger partial charge in [-0.2, -0.15) is 0 Å². The highest BCUT2D eigenvalue weighted by molar-refractivity contribution is 6.39. The summed E-state index contributed by atoms with van der Waals surface area (Å²) in [6.45, 7) is 4.97. The lowest BCUT2D eigenvalue weighted by molar-refractivity contribution is -0.490. The van der Waals surface area contributed by atoms with Crippen LogP contribution >= 0.6 is 0 Å². The van der Waals surface area contributed by atoms with Gasteiger partial charge in [0.15, 0.2) is 5.71 Å². The number of rotatable bonds is 0. The maximum absolute atomic E-state index is 4.20. The van der Waals surface area contributed by atoms with Crippen LogP contribution in [-0.2, 0) is 0 Å². The molecule has 2 heteroatoms. The van der Waals surface area contributed by atoms with Crippen molar-refractivity contribution in [2.45, 2.75) is 13.8 Å². The first-order chi connectivity index (χ1) is 3.72. The second kappa shape index (κ2) is 1.69. The van der Waals surface area contributed by atoms with Gasteiger partial charge in [0.2, 0.25) is 6.67 Å². The van der Waals surface area contributed by atoms with Gasteiger partial charge in [0, 0.05) is 6.92 Å². The van der Waals surface area contributed by atoms with E-state index >= 15 is 0 Å². The molecule has 0 aromatic rings. The van der Waals surface area contributed by atoms with Gasteiger partial charge in [-0.3, -0.25) is 0 Å². The number of nitrogens with zero attached hydrogens (tertiary/aromatic N) is 2. The summed E-state index contributed by atoms with van der Waals surface area (Å²) in [7, 11) is 2.05. The summed E-state index contributed by atoms with van der Waals surface area (Å²) in [6, 6.07) is 0. The monoisotopic (exact) mass is 111 g/mol. The average molecular weight is 111 g/mol. The van der Waals surface area contributed by atoms with Gasteiger partial charge in [-0.05, 0) is 6.92 Å². The van der Waals surface area contributed by atoms with Crippen LogP contribution in [0.3, 0.4) is 0 Å². The van der Waals surface area contributed by atoms with E-state index in [1.54, 1.807) is 0 Å². The minimum Gasteiger partial charge on any atom is -0.219 e.